The topological polar surface area (TPSA) is 22.1 Å². The van der Waals surface area contributed by atoms with Gasteiger partial charge in [0.15, 0.2) is 0 Å². The van der Waals surface area contributed by atoms with Gasteiger partial charge in [0.2, 0.25) is 0 Å². The van der Waals surface area contributed by atoms with Gasteiger partial charge in [-0.25, -0.2) is 4.98 Å². The van der Waals surface area contributed by atoms with Crippen molar-refractivity contribution in [1.82, 2.24) is 4.98 Å². The van der Waals surface area contributed by atoms with E-state index in [4.69, 9.17) is 4.74 Å². The van der Waals surface area contributed by atoms with E-state index in [0.717, 1.165) is 22.9 Å². The van der Waals surface area contributed by atoms with E-state index in [1.165, 1.54) is 11.1 Å². The minimum Gasteiger partial charge on any atom is -0.493 e. The zero-order chi connectivity index (χ0) is 13.0. The summed E-state index contributed by atoms with van der Waals surface area (Å²) in [6, 6.07) is 6.19. The van der Waals surface area contributed by atoms with Crippen LogP contribution in [-0.2, 0) is 12.2 Å². The van der Waals surface area contributed by atoms with Crippen LogP contribution < -0.4 is 4.74 Å². The van der Waals surface area contributed by atoms with Gasteiger partial charge < -0.3 is 4.74 Å². The Bertz CT molecular complexity index is 522. The summed E-state index contributed by atoms with van der Waals surface area (Å²) in [4.78, 5) is 4.45. The third-order valence-electron chi connectivity index (χ3n) is 2.82. The number of aryl methyl sites for hydroxylation is 2. The molecule has 0 N–H and O–H groups in total. The number of hydrogen-bond donors (Lipinski definition) is 1. The van der Waals surface area contributed by atoms with Crippen molar-refractivity contribution >= 4 is 24.0 Å². The fourth-order valence-corrected chi connectivity index (χ4v) is 2.66. The maximum Gasteiger partial charge on any atom is 0.119 e. The van der Waals surface area contributed by atoms with Crippen molar-refractivity contribution in [2.45, 2.75) is 26.0 Å². The van der Waals surface area contributed by atoms with Crippen LogP contribution in [0.15, 0.2) is 23.6 Å². The molecule has 1 heterocycles. The van der Waals surface area contributed by atoms with Crippen LogP contribution in [-0.4, -0.2) is 11.6 Å². The third-order valence-corrected chi connectivity index (χ3v) is 4.11. The molecule has 0 fully saturated rings. The van der Waals surface area contributed by atoms with Crippen molar-refractivity contribution in [3.05, 3.63) is 45.4 Å². The number of thiol groups is 1. The molecule has 2 aromatic rings. The minimum atomic E-state index is 0.669. The van der Waals surface area contributed by atoms with Crippen LogP contribution in [0.3, 0.4) is 0 Å². The van der Waals surface area contributed by atoms with Gasteiger partial charge in [-0.15, -0.1) is 11.3 Å². The first-order chi connectivity index (χ1) is 8.69. The summed E-state index contributed by atoms with van der Waals surface area (Å²) >= 11 is 5.88. The molecule has 1 aromatic carbocycles. The highest BCUT2D eigenvalue weighted by Gasteiger charge is 2.02. The van der Waals surface area contributed by atoms with Gasteiger partial charge in [-0.2, -0.15) is 12.6 Å². The number of nitrogens with zero attached hydrogens (tertiary/aromatic N) is 1. The van der Waals surface area contributed by atoms with E-state index in [0.29, 0.717) is 12.4 Å². The fraction of sp³-hybridized carbons (Fsp3) is 0.357. The van der Waals surface area contributed by atoms with Crippen molar-refractivity contribution in [3.8, 4) is 5.75 Å². The number of thiazole rings is 1. The normalized spacial score (nSPS) is 10.6. The number of hydrogen-bond acceptors (Lipinski definition) is 4. The van der Waals surface area contributed by atoms with Crippen LogP contribution in [0.25, 0.3) is 0 Å². The van der Waals surface area contributed by atoms with E-state index in [-0.39, 0.29) is 0 Å². The average molecular weight is 279 g/mol. The zero-order valence-electron chi connectivity index (χ0n) is 10.6. The first-order valence-electron chi connectivity index (χ1n) is 5.93. The third kappa shape index (κ3) is 3.50. The fourth-order valence-electron chi connectivity index (χ4n) is 1.60. The van der Waals surface area contributed by atoms with Crippen molar-refractivity contribution in [1.29, 1.82) is 0 Å². The number of rotatable bonds is 5. The van der Waals surface area contributed by atoms with Crippen molar-refractivity contribution in [3.63, 3.8) is 0 Å². The van der Waals surface area contributed by atoms with E-state index < -0.39 is 0 Å². The Morgan fingerprint density at radius 1 is 1.28 bits per heavy atom. The van der Waals surface area contributed by atoms with Gasteiger partial charge in [0, 0.05) is 17.6 Å². The molecule has 4 heteroatoms. The Labute approximate surface area is 117 Å². The zero-order valence-corrected chi connectivity index (χ0v) is 12.4. The molecule has 0 radical (unpaired) electrons. The molecule has 0 atom stereocenters. The molecule has 96 valence electrons. The van der Waals surface area contributed by atoms with Crippen molar-refractivity contribution in [2.24, 2.45) is 0 Å². The number of ether oxygens (including phenoxy) is 1. The molecule has 0 saturated heterocycles. The first kappa shape index (κ1) is 13.4. The molecule has 0 aliphatic rings. The summed E-state index contributed by atoms with van der Waals surface area (Å²) in [6.45, 7) is 4.87. The molecule has 1 aromatic heterocycles. The molecule has 0 unspecified atom stereocenters. The molecule has 0 bridgehead atoms. The van der Waals surface area contributed by atoms with Crippen molar-refractivity contribution < 1.29 is 4.74 Å². The van der Waals surface area contributed by atoms with Crippen LogP contribution in [0.2, 0.25) is 0 Å². The highest BCUT2D eigenvalue weighted by molar-refractivity contribution is 7.79. The second-order valence-electron chi connectivity index (χ2n) is 4.24. The summed E-state index contributed by atoms with van der Waals surface area (Å²) in [5.41, 5.74) is 3.60. The van der Waals surface area contributed by atoms with Gasteiger partial charge in [0.1, 0.15) is 5.75 Å². The van der Waals surface area contributed by atoms with E-state index in [1.807, 2.05) is 6.07 Å². The molecular formula is C14H17NOS2. The van der Waals surface area contributed by atoms with Crippen LogP contribution in [0.1, 0.15) is 21.8 Å². The molecule has 0 aliphatic carbocycles. The second kappa shape index (κ2) is 6.25. The SMILES string of the molecule is Cc1ccc(OCCc2nc(CS)cs2)cc1C. The summed E-state index contributed by atoms with van der Waals surface area (Å²) in [6.07, 6.45) is 0.853. The molecule has 0 aliphatic heterocycles. The first-order valence-corrected chi connectivity index (χ1v) is 7.44. The van der Waals surface area contributed by atoms with E-state index in [9.17, 15) is 0 Å². The summed E-state index contributed by atoms with van der Waals surface area (Å²) in [7, 11) is 0. The molecule has 2 rings (SSSR count). The maximum absolute atomic E-state index is 5.74. The molecule has 2 nitrogen and oxygen atoms in total. The molecular weight excluding hydrogens is 262 g/mol. The highest BCUT2D eigenvalue weighted by atomic mass is 32.1. The van der Waals surface area contributed by atoms with Crippen LogP contribution in [0, 0.1) is 13.8 Å². The predicted molar refractivity (Wildman–Crippen MR) is 79.9 cm³/mol. The Hall–Kier alpha value is -1.00. The quantitative estimate of drug-likeness (QED) is 0.841. The Morgan fingerprint density at radius 2 is 2.11 bits per heavy atom. The predicted octanol–water partition coefficient (Wildman–Crippen LogP) is 3.81. The van der Waals surface area contributed by atoms with Gasteiger partial charge >= 0.3 is 0 Å². The number of benzene rings is 1. The van der Waals surface area contributed by atoms with Gasteiger partial charge in [-0.1, -0.05) is 6.07 Å². The van der Waals surface area contributed by atoms with Crippen LogP contribution >= 0.6 is 24.0 Å². The molecule has 0 spiro atoms. The summed E-state index contributed by atoms with van der Waals surface area (Å²) in [5, 5.41) is 3.17. The number of aromatic nitrogens is 1. The Kier molecular flexibility index (Phi) is 4.66. The van der Waals surface area contributed by atoms with Gasteiger partial charge in [-0.3, -0.25) is 0 Å². The monoisotopic (exact) mass is 279 g/mol. The van der Waals surface area contributed by atoms with Gasteiger partial charge in [0.05, 0.1) is 17.3 Å². The Morgan fingerprint density at radius 3 is 2.78 bits per heavy atom. The van der Waals surface area contributed by atoms with Crippen molar-refractivity contribution in [2.75, 3.05) is 6.61 Å². The second-order valence-corrected chi connectivity index (χ2v) is 5.49. The van der Waals surface area contributed by atoms with Crippen LogP contribution in [0.4, 0.5) is 0 Å². The van der Waals surface area contributed by atoms with E-state index in [2.05, 4.69) is 49.0 Å². The molecule has 18 heavy (non-hydrogen) atoms. The summed E-state index contributed by atoms with van der Waals surface area (Å²) < 4.78 is 5.74. The molecule has 0 saturated carbocycles. The van der Waals surface area contributed by atoms with E-state index >= 15 is 0 Å². The minimum absolute atomic E-state index is 0.669. The maximum atomic E-state index is 5.74. The van der Waals surface area contributed by atoms with Crippen LogP contribution in [0.5, 0.6) is 5.75 Å². The van der Waals surface area contributed by atoms with Gasteiger partial charge in [0.25, 0.3) is 0 Å². The highest BCUT2D eigenvalue weighted by Crippen LogP contribution is 2.17. The lowest BCUT2D eigenvalue weighted by Gasteiger charge is -2.07. The van der Waals surface area contributed by atoms with E-state index in [1.54, 1.807) is 11.3 Å². The standard InChI is InChI=1S/C14H17NOS2/c1-10-3-4-13(7-11(10)2)16-6-5-14-15-12(8-17)9-18-14/h3-4,7,9,17H,5-6,8H2,1-2H3. The smallest absolute Gasteiger partial charge is 0.119 e. The molecule has 0 amide bonds. The lowest BCUT2D eigenvalue weighted by Crippen LogP contribution is -2.01. The largest absolute Gasteiger partial charge is 0.493 e. The Balaban J connectivity index is 1.86. The lowest BCUT2D eigenvalue weighted by molar-refractivity contribution is 0.321. The van der Waals surface area contributed by atoms with Gasteiger partial charge in [-0.05, 0) is 37.1 Å². The average Bonchev–Trinajstić information content (AvgIpc) is 2.82. The lowest BCUT2D eigenvalue weighted by atomic mass is 10.1. The summed E-state index contributed by atoms with van der Waals surface area (Å²) in [5.74, 6) is 1.64.